The Hall–Kier alpha value is -4.32. The molecular formula is C21H16FN7O. The van der Waals surface area contributed by atoms with E-state index in [0.29, 0.717) is 16.9 Å². The molecule has 0 saturated carbocycles. The lowest BCUT2D eigenvalue weighted by Crippen LogP contribution is -2.23. The maximum atomic E-state index is 13.9. The van der Waals surface area contributed by atoms with Gasteiger partial charge in [0.2, 0.25) is 0 Å². The first-order chi connectivity index (χ1) is 14.5. The summed E-state index contributed by atoms with van der Waals surface area (Å²) >= 11 is 0. The van der Waals surface area contributed by atoms with Crippen LogP contribution in [0.15, 0.2) is 59.8 Å². The van der Waals surface area contributed by atoms with Gasteiger partial charge in [-0.05, 0) is 36.8 Å². The summed E-state index contributed by atoms with van der Waals surface area (Å²) in [6.45, 7) is 1.77. The summed E-state index contributed by atoms with van der Waals surface area (Å²) < 4.78 is 15.3. The van der Waals surface area contributed by atoms with Crippen LogP contribution in [-0.2, 0) is 0 Å². The van der Waals surface area contributed by atoms with Crippen LogP contribution < -0.4 is 16.6 Å². The number of nitriles is 1. The normalized spacial score (nSPS) is 11.8. The Kier molecular flexibility index (Phi) is 4.82. The van der Waals surface area contributed by atoms with Crippen LogP contribution in [0.4, 0.5) is 16.0 Å². The molecule has 0 bridgehead atoms. The number of benzene rings is 1. The average molecular weight is 401 g/mol. The van der Waals surface area contributed by atoms with E-state index in [0.717, 1.165) is 0 Å². The molecule has 0 unspecified atom stereocenters. The highest BCUT2D eigenvalue weighted by molar-refractivity contribution is 5.69. The minimum absolute atomic E-state index is 0.0408. The Morgan fingerprint density at radius 2 is 2.07 bits per heavy atom. The molecule has 9 heteroatoms. The van der Waals surface area contributed by atoms with Crippen molar-refractivity contribution in [1.29, 1.82) is 5.26 Å². The summed E-state index contributed by atoms with van der Waals surface area (Å²) in [6, 6.07) is 12.4. The van der Waals surface area contributed by atoms with Crippen molar-refractivity contribution in [2.75, 3.05) is 11.1 Å². The number of halogens is 1. The number of hydrogen-bond donors (Lipinski definition) is 2. The van der Waals surface area contributed by atoms with E-state index in [4.69, 9.17) is 5.73 Å². The summed E-state index contributed by atoms with van der Waals surface area (Å²) in [4.78, 5) is 25.8. The molecule has 3 heterocycles. The fraction of sp³-hybridized carbons (Fsp3) is 0.0952. The highest BCUT2D eigenvalue weighted by Crippen LogP contribution is 2.28. The Morgan fingerprint density at radius 3 is 2.83 bits per heavy atom. The zero-order chi connectivity index (χ0) is 21.3. The highest BCUT2D eigenvalue weighted by atomic mass is 19.1. The number of hydrogen-bond acceptors (Lipinski definition) is 7. The van der Waals surface area contributed by atoms with Gasteiger partial charge < -0.3 is 11.1 Å². The lowest BCUT2D eigenvalue weighted by atomic mass is 10.0. The van der Waals surface area contributed by atoms with E-state index in [1.165, 1.54) is 28.9 Å². The number of anilines is 2. The van der Waals surface area contributed by atoms with Crippen molar-refractivity contribution < 1.29 is 4.39 Å². The van der Waals surface area contributed by atoms with Gasteiger partial charge in [0.25, 0.3) is 5.56 Å². The SMILES string of the molecule is C[C@@H](Nc1ncnc(N)c1C#N)c1nc2ccccn2c(=O)c1-c1cccc(F)c1. The smallest absolute Gasteiger partial charge is 0.266 e. The van der Waals surface area contributed by atoms with Crippen molar-refractivity contribution in [3.8, 4) is 17.2 Å². The molecule has 3 aromatic heterocycles. The van der Waals surface area contributed by atoms with Gasteiger partial charge in [-0.25, -0.2) is 19.3 Å². The van der Waals surface area contributed by atoms with Gasteiger partial charge in [-0.2, -0.15) is 5.26 Å². The van der Waals surface area contributed by atoms with E-state index in [-0.39, 0.29) is 28.3 Å². The summed E-state index contributed by atoms with van der Waals surface area (Å²) in [5, 5.41) is 12.4. The Labute approximate surface area is 170 Å². The van der Waals surface area contributed by atoms with Crippen LogP contribution in [0, 0.1) is 17.1 Å². The van der Waals surface area contributed by atoms with Crippen molar-refractivity contribution in [3.63, 3.8) is 0 Å². The molecule has 1 aromatic carbocycles. The predicted octanol–water partition coefficient (Wildman–Crippen LogP) is 2.92. The van der Waals surface area contributed by atoms with Crippen LogP contribution in [0.5, 0.6) is 0 Å². The zero-order valence-corrected chi connectivity index (χ0v) is 15.9. The second kappa shape index (κ2) is 7.60. The first kappa shape index (κ1) is 19.0. The molecule has 8 nitrogen and oxygen atoms in total. The molecule has 4 rings (SSSR count). The van der Waals surface area contributed by atoms with Gasteiger partial charge in [0, 0.05) is 6.20 Å². The van der Waals surface area contributed by atoms with Crippen LogP contribution in [0.2, 0.25) is 0 Å². The van der Waals surface area contributed by atoms with Gasteiger partial charge in [0.1, 0.15) is 41.1 Å². The summed E-state index contributed by atoms with van der Waals surface area (Å²) in [7, 11) is 0. The molecule has 0 saturated heterocycles. The third-order valence-corrected chi connectivity index (χ3v) is 4.63. The number of fused-ring (bicyclic) bond motifs is 1. The van der Waals surface area contributed by atoms with Gasteiger partial charge >= 0.3 is 0 Å². The van der Waals surface area contributed by atoms with E-state index >= 15 is 0 Å². The Balaban J connectivity index is 1.92. The van der Waals surface area contributed by atoms with Crippen LogP contribution in [0.3, 0.4) is 0 Å². The molecule has 0 radical (unpaired) electrons. The predicted molar refractivity (Wildman–Crippen MR) is 110 cm³/mol. The lowest BCUT2D eigenvalue weighted by Gasteiger charge is -2.19. The van der Waals surface area contributed by atoms with Crippen LogP contribution >= 0.6 is 0 Å². The number of nitrogens with zero attached hydrogens (tertiary/aromatic N) is 5. The van der Waals surface area contributed by atoms with Gasteiger partial charge in [-0.15, -0.1) is 0 Å². The molecule has 0 aliphatic rings. The molecular weight excluding hydrogens is 385 g/mol. The monoisotopic (exact) mass is 401 g/mol. The molecule has 0 aliphatic carbocycles. The maximum absolute atomic E-state index is 13.9. The van der Waals surface area contributed by atoms with Gasteiger partial charge in [-0.1, -0.05) is 18.2 Å². The molecule has 148 valence electrons. The van der Waals surface area contributed by atoms with Crippen LogP contribution in [0.25, 0.3) is 16.8 Å². The molecule has 3 N–H and O–H groups in total. The number of aromatic nitrogens is 4. The molecule has 0 fully saturated rings. The summed E-state index contributed by atoms with van der Waals surface area (Å²) in [6.07, 6.45) is 2.84. The van der Waals surface area contributed by atoms with Crippen LogP contribution in [0.1, 0.15) is 24.2 Å². The van der Waals surface area contributed by atoms with Crippen molar-refractivity contribution in [3.05, 3.63) is 82.4 Å². The van der Waals surface area contributed by atoms with Crippen molar-refractivity contribution in [2.24, 2.45) is 0 Å². The highest BCUT2D eigenvalue weighted by Gasteiger charge is 2.21. The first-order valence-electron chi connectivity index (χ1n) is 9.04. The van der Waals surface area contributed by atoms with E-state index in [2.05, 4.69) is 20.3 Å². The van der Waals surface area contributed by atoms with Crippen molar-refractivity contribution >= 4 is 17.3 Å². The van der Waals surface area contributed by atoms with Gasteiger partial charge in [-0.3, -0.25) is 9.20 Å². The number of nitrogen functional groups attached to an aromatic ring is 1. The largest absolute Gasteiger partial charge is 0.382 e. The molecule has 1 atom stereocenters. The van der Waals surface area contributed by atoms with Crippen molar-refractivity contribution in [2.45, 2.75) is 13.0 Å². The number of pyridine rings is 1. The zero-order valence-electron chi connectivity index (χ0n) is 15.9. The molecule has 0 spiro atoms. The van der Waals surface area contributed by atoms with Crippen LogP contribution in [-0.4, -0.2) is 19.4 Å². The van der Waals surface area contributed by atoms with E-state index in [1.807, 2.05) is 6.07 Å². The second-order valence-electron chi connectivity index (χ2n) is 6.58. The third-order valence-electron chi connectivity index (χ3n) is 4.63. The molecule has 0 aliphatic heterocycles. The number of rotatable bonds is 4. The Morgan fingerprint density at radius 1 is 1.23 bits per heavy atom. The van der Waals surface area contributed by atoms with E-state index < -0.39 is 11.9 Å². The lowest BCUT2D eigenvalue weighted by molar-refractivity contribution is 0.628. The molecule has 4 aromatic rings. The standard InChI is InChI=1S/C21H16FN7O/c1-12(27-20-15(10-23)19(24)25-11-26-20)18-17(13-5-4-6-14(22)9-13)21(30)29-8-3-2-7-16(29)28-18/h2-9,11-12H,1H3,(H3,24,25,26,27)/t12-/m1/s1. The summed E-state index contributed by atoms with van der Waals surface area (Å²) in [5.74, 6) is -0.205. The topological polar surface area (TPSA) is 122 Å². The van der Waals surface area contributed by atoms with Gasteiger partial charge in [0.15, 0.2) is 0 Å². The fourth-order valence-electron chi connectivity index (χ4n) is 3.23. The number of nitrogens with one attached hydrogen (secondary N) is 1. The summed E-state index contributed by atoms with van der Waals surface area (Å²) in [5.41, 5.74) is 6.99. The van der Waals surface area contributed by atoms with E-state index in [1.54, 1.807) is 37.4 Å². The first-order valence-corrected chi connectivity index (χ1v) is 9.04. The van der Waals surface area contributed by atoms with Crippen molar-refractivity contribution in [1.82, 2.24) is 19.4 Å². The maximum Gasteiger partial charge on any atom is 0.266 e. The minimum atomic E-state index is -0.553. The molecule has 0 amide bonds. The van der Waals surface area contributed by atoms with E-state index in [9.17, 15) is 14.4 Å². The average Bonchev–Trinajstić information content (AvgIpc) is 2.74. The fourth-order valence-corrected chi connectivity index (χ4v) is 3.23. The quantitative estimate of drug-likeness (QED) is 0.539. The second-order valence-corrected chi connectivity index (χ2v) is 6.58. The van der Waals surface area contributed by atoms with Gasteiger partial charge in [0.05, 0.1) is 17.3 Å². The Bertz CT molecular complexity index is 1360. The number of nitrogens with two attached hydrogens (primary N) is 1. The molecule has 30 heavy (non-hydrogen) atoms. The minimum Gasteiger partial charge on any atom is -0.382 e. The third kappa shape index (κ3) is 3.31.